The first-order valence-corrected chi connectivity index (χ1v) is 7.39. The summed E-state index contributed by atoms with van der Waals surface area (Å²) in [7, 11) is 0. The smallest absolute Gasteiger partial charge is 0.345 e. The minimum Gasteiger partial charge on any atom is -0.422 e. The maximum Gasteiger partial charge on any atom is 0.345 e. The number of carbonyl (C=O) groups excluding carboxylic acids is 1. The molecule has 122 valence electrons. The number of carbonyl (C=O) groups is 1. The van der Waals surface area contributed by atoms with Gasteiger partial charge in [0, 0.05) is 30.2 Å². The van der Waals surface area contributed by atoms with Crippen LogP contribution >= 0.6 is 0 Å². The van der Waals surface area contributed by atoms with Gasteiger partial charge in [0.05, 0.1) is 11.3 Å². The number of rotatable bonds is 5. The first kappa shape index (κ1) is 16.5. The van der Waals surface area contributed by atoms with Crippen LogP contribution in [0, 0.1) is 0 Å². The van der Waals surface area contributed by atoms with Crippen LogP contribution in [0.5, 0.6) is 0 Å². The van der Waals surface area contributed by atoms with E-state index in [1.54, 1.807) is 13.0 Å². The van der Waals surface area contributed by atoms with Crippen molar-refractivity contribution in [1.82, 2.24) is 5.43 Å². The van der Waals surface area contributed by atoms with Crippen LogP contribution < -0.4 is 21.7 Å². The predicted octanol–water partition coefficient (Wildman–Crippen LogP) is 2.03. The quantitative estimate of drug-likeness (QED) is 0.500. The lowest BCUT2D eigenvalue weighted by molar-refractivity contribution is 0.249. The highest BCUT2D eigenvalue weighted by Gasteiger charge is 2.10. The highest BCUT2D eigenvalue weighted by Crippen LogP contribution is 2.22. The highest BCUT2D eigenvalue weighted by atomic mass is 16.4. The van der Waals surface area contributed by atoms with Crippen LogP contribution in [-0.4, -0.2) is 24.8 Å². The monoisotopic (exact) mass is 316 g/mol. The van der Waals surface area contributed by atoms with E-state index in [0.717, 1.165) is 24.2 Å². The number of hydrazone groups is 1. The maximum atomic E-state index is 12.1. The standard InChI is InChI=1S/C16H20N4O3/c1-4-20(5-2)12-7-6-11-8-13(10(3)18-19-16(17)22)15(21)23-14(11)9-12/h6-9H,4-5H2,1-3H3,(H3,17,19,22)/b18-10-. The van der Waals surface area contributed by atoms with Gasteiger partial charge >= 0.3 is 11.7 Å². The van der Waals surface area contributed by atoms with Crippen molar-refractivity contribution in [3.63, 3.8) is 0 Å². The molecule has 7 nitrogen and oxygen atoms in total. The van der Waals surface area contributed by atoms with Gasteiger partial charge in [-0.25, -0.2) is 15.0 Å². The van der Waals surface area contributed by atoms with Crippen molar-refractivity contribution in [2.45, 2.75) is 20.8 Å². The van der Waals surface area contributed by atoms with Gasteiger partial charge in [0.25, 0.3) is 0 Å². The van der Waals surface area contributed by atoms with Crippen molar-refractivity contribution >= 4 is 28.4 Å². The first-order valence-electron chi connectivity index (χ1n) is 7.39. The number of hydrogen-bond acceptors (Lipinski definition) is 5. The summed E-state index contributed by atoms with van der Waals surface area (Å²) >= 11 is 0. The Morgan fingerprint density at radius 1 is 1.30 bits per heavy atom. The van der Waals surface area contributed by atoms with Crippen LogP contribution in [0.4, 0.5) is 10.5 Å². The molecule has 0 spiro atoms. The van der Waals surface area contributed by atoms with Crippen LogP contribution in [0.15, 0.2) is 38.6 Å². The van der Waals surface area contributed by atoms with E-state index in [2.05, 4.69) is 29.3 Å². The van der Waals surface area contributed by atoms with Crippen molar-refractivity contribution in [3.05, 3.63) is 40.2 Å². The van der Waals surface area contributed by atoms with Gasteiger partial charge in [0.15, 0.2) is 0 Å². The van der Waals surface area contributed by atoms with Gasteiger partial charge in [-0.3, -0.25) is 0 Å². The number of nitrogens with zero attached hydrogens (tertiary/aromatic N) is 2. The van der Waals surface area contributed by atoms with E-state index < -0.39 is 11.7 Å². The van der Waals surface area contributed by atoms with Crippen LogP contribution in [-0.2, 0) is 0 Å². The SMILES string of the molecule is CCN(CC)c1ccc2cc(/C(C)=N\NC(N)=O)c(=O)oc2c1. The van der Waals surface area contributed by atoms with E-state index in [1.807, 2.05) is 18.2 Å². The zero-order valence-electron chi connectivity index (χ0n) is 13.4. The van der Waals surface area contributed by atoms with Crippen molar-refractivity contribution in [2.75, 3.05) is 18.0 Å². The molecule has 0 fully saturated rings. The number of fused-ring (bicyclic) bond motifs is 1. The maximum absolute atomic E-state index is 12.1. The molecule has 0 bridgehead atoms. The van der Waals surface area contributed by atoms with E-state index in [9.17, 15) is 9.59 Å². The molecule has 0 atom stereocenters. The van der Waals surface area contributed by atoms with Crippen molar-refractivity contribution in [3.8, 4) is 0 Å². The van der Waals surface area contributed by atoms with E-state index in [1.165, 1.54) is 0 Å². The molecule has 2 rings (SSSR count). The molecule has 0 aliphatic heterocycles. The summed E-state index contributed by atoms with van der Waals surface area (Å²) in [6, 6.07) is 6.62. The largest absolute Gasteiger partial charge is 0.422 e. The molecule has 0 aliphatic carbocycles. The molecule has 1 heterocycles. The lowest BCUT2D eigenvalue weighted by Crippen LogP contribution is -2.26. The number of hydrogen-bond donors (Lipinski definition) is 2. The minimum absolute atomic E-state index is 0.279. The summed E-state index contributed by atoms with van der Waals surface area (Å²) in [4.78, 5) is 25.0. The Kier molecular flexibility index (Phi) is 5.00. The lowest BCUT2D eigenvalue weighted by Gasteiger charge is -2.21. The Morgan fingerprint density at radius 2 is 2.00 bits per heavy atom. The van der Waals surface area contributed by atoms with E-state index >= 15 is 0 Å². The van der Waals surface area contributed by atoms with E-state index in [0.29, 0.717) is 11.3 Å². The Morgan fingerprint density at radius 3 is 2.61 bits per heavy atom. The summed E-state index contributed by atoms with van der Waals surface area (Å²) in [5.74, 6) is 0. The molecule has 3 N–H and O–H groups in total. The highest BCUT2D eigenvalue weighted by molar-refractivity contribution is 6.01. The van der Waals surface area contributed by atoms with E-state index in [4.69, 9.17) is 10.2 Å². The summed E-state index contributed by atoms with van der Waals surface area (Å²) in [5, 5.41) is 4.54. The molecule has 2 amide bonds. The summed E-state index contributed by atoms with van der Waals surface area (Å²) in [6.07, 6.45) is 0. The molecule has 0 saturated carbocycles. The third kappa shape index (κ3) is 3.68. The molecular weight excluding hydrogens is 296 g/mol. The average molecular weight is 316 g/mol. The fraction of sp³-hybridized carbons (Fsp3) is 0.312. The first-order chi connectivity index (χ1) is 11.0. The zero-order chi connectivity index (χ0) is 17.0. The number of primary amides is 1. The lowest BCUT2D eigenvalue weighted by atomic mass is 10.1. The van der Waals surface area contributed by atoms with Gasteiger partial charge in [-0.1, -0.05) is 0 Å². The topological polar surface area (TPSA) is 101 Å². The van der Waals surface area contributed by atoms with E-state index in [-0.39, 0.29) is 5.56 Å². The molecule has 0 aliphatic rings. The minimum atomic E-state index is -0.793. The summed E-state index contributed by atoms with van der Waals surface area (Å²) < 4.78 is 5.39. The molecule has 2 aromatic rings. The second kappa shape index (κ2) is 6.95. The number of benzene rings is 1. The molecule has 0 unspecified atom stereocenters. The molecule has 7 heteroatoms. The molecule has 1 aromatic heterocycles. The third-order valence-corrected chi connectivity index (χ3v) is 3.57. The Bertz CT molecular complexity index is 807. The van der Waals surface area contributed by atoms with Gasteiger partial charge in [-0.15, -0.1) is 0 Å². The fourth-order valence-electron chi connectivity index (χ4n) is 2.34. The molecule has 23 heavy (non-hydrogen) atoms. The predicted molar refractivity (Wildman–Crippen MR) is 91.0 cm³/mol. The molecule has 0 saturated heterocycles. The van der Waals surface area contributed by atoms with Crippen LogP contribution in [0.25, 0.3) is 11.0 Å². The van der Waals surface area contributed by atoms with Gasteiger partial charge < -0.3 is 15.1 Å². The summed E-state index contributed by atoms with van der Waals surface area (Å²) in [6.45, 7) is 7.47. The number of amides is 2. The van der Waals surface area contributed by atoms with Crippen molar-refractivity contribution in [1.29, 1.82) is 0 Å². The zero-order valence-corrected chi connectivity index (χ0v) is 13.4. The Labute approximate surface area is 133 Å². The van der Waals surface area contributed by atoms with Gasteiger partial charge in [0.2, 0.25) is 0 Å². The van der Waals surface area contributed by atoms with Gasteiger partial charge in [0.1, 0.15) is 5.58 Å². The Hall–Kier alpha value is -2.83. The van der Waals surface area contributed by atoms with Crippen molar-refractivity contribution in [2.24, 2.45) is 10.8 Å². The van der Waals surface area contributed by atoms with Crippen LogP contribution in [0.3, 0.4) is 0 Å². The second-order valence-electron chi connectivity index (χ2n) is 5.02. The molecular formula is C16H20N4O3. The number of anilines is 1. The Balaban J connectivity index is 2.47. The van der Waals surface area contributed by atoms with Crippen molar-refractivity contribution < 1.29 is 9.21 Å². The third-order valence-electron chi connectivity index (χ3n) is 3.57. The second-order valence-corrected chi connectivity index (χ2v) is 5.02. The molecule has 1 aromatic carbocycles. The van der Waals surface area contributed by atoms with Crippen LogP contribution in [0.1, 0.15) is 26.3 Å². The van der Waals surface area contributed by atoms with Gasteiger partial charge in [-0.05, 0) is 39.0 Å². The molecule has 0 radical (unpaired) electrons. The summed E-state index contributed by atoms with van der Waals surface area (Å²) in [5.41, 5.74) is 8.66. The van der Waals surface area contributed by atoms with Crippen LogP contribution in [0.2, 0.25) is 0 Å². The average Bonchev–Trinajstić information content (AvgIpc) is 2.53. The number of urea groups is 1. The normalized spacial score (nSPS) is 11.5. The number of nitrogens with one attached hydrogen (secondary N) is 1. The fourth-order valence-corrected chi connectivity index (χ4v) is 2.34. The van der Waals surface area contributed by atoms with Gasteiger partial charge in [-0.2, -0.15) is 5.10 Å². The number of nitrogens with two attached hydrogens (primary N) is 1.